The lowest BCUT2D eigenvalue weighted by atomic mass is 10.1. The minimum Gasteiger partial charge on any atom is -0.286 e. The zero-order valence-electron chi connectivity index (χ0n) is 8.03. The van der Waals surface area contributed by atoms with Gasteiger partial charge in [-0.1, -0.05) is 39.0 Å². The lowest BCUT2D eigenvalue weighted by Gasteiger charge is -1.98. The average Bonchev–Trinajstić information content (AvgIpc) is 1.94. The third kappa shape index (κ3) is 15.0. The SMILES string of the molecule is CCCCCCCCS(=O)(=O)O.Cl. The minimum atomic E-state index is -3.72. The van der Waals surface area contributed by atoms with Crippen LogP contribution in [0.2, 0.25) is 0 Å². The van der Waals surface area contributed by atoms with E-state index in [9.17, 15) is 8.42 Å². The maximum Gasteiger partial charge on any atom is 0.264 e. The van der Waals surface area contributed by atoms with Gasteiger partial charge in [0.05, 0.1) is 5.75 Å². The largest absolute Gasteiger partial charge is 0.286 e. The number of rotatable bonds is 7. The van der Waals surface area contributed by atoms with Crippen LogP contribution in [0.5, 0.6) is 0 Å². The third-order valence-electron chi connectivity index (χ3n) is 1.76. The van der Waals surface area contributed by atoms with Crippen molar-refractivity contribution in [3.8, 4) is 0 Å². The first-order valence-electron chi connectivity index (χ1n) is 4.51. The Balaban J connectivity index is 0. The molecule has 0 unspecified atom stereocenters. The van der Waals surface area contributed by atoms with Crippen LogP contribution in [-0.4, -0.2) is 18.7 Å². The molecule has 0 rings (SSSR count). The second-order valence-electron chi connectivity index (χ2n) is 3.05. The lowest BCUT2D eigenvalue weighted by Crippen LogP contribution is -2.03. The normalized spacial score (nSPS) is 10.9. The summed E-state index contributed by atoms with van der Waals surface area (Å²) < 4.78 is 28.9. The first kappa shape index (κ1) is 15.7. The van der Waals surface area contributed by atoms with Gasteiger partial charge in [-0.2, -0.15) is 8.42 Å². The van der Waals surface area contributed by atoms with Crippen molar-refractivity contribution in [3.05, 3.63) is 0 Å². The summed E-state index contributed by atoms with van der Waals surface area (Å²) in [4.78, 5) is 0. The molecule has 5 heteroatoms. The fourth-order valence-electron chi connectivity index (χ4n) is 1.06. The summed E-state index contributed by atoms with van der Waals surface area (Å²) in [6.45, 7) is 2.14. The van der Waals surface area contributed by atoms with E-state index in [-0.39, 0.29) is 18.2 Å². The predicted molar refractivity (Wildman–Crippen MR) is 57.0 cm³/mol. The molecule has 0 radical (unpaired) electrons. The average molecular weight is 231 g/mol. The molecule has 13 heavy (non-hydrogen) atoms. The Kier molecular flexibility index (Phi) is 10.6. The summed E-state index contributed by atoms with van der Waals surface area (Å²) in [6, 6.07) is 0. The summed E-state index contributed by atoms with van der Waals surface area (Å²) in [7, 11) is -3.72. The van der Waals surface area contributed by atoms with E-state index in [2.05, 4.69) is 6.92 Å². The first-order chi connectivity index (χ1) is 5.56. The van der Waals surface area contributed by atoms with Gasteiger partial charge in [0.25, 0.3) is 10.1 Å². The summed E-state index contributed by atoms with van der Waals surface area (Å²) in [5, 5.41) is 0. The molecule has 0 aromatic rings. The molecule has 0 aliphatic rings. The van der Waals surface area contributed by atoms with Crippen LogP contribution in [0.4, 0.5) is 0 Å². The van der Waals surface area contributed by atoms with Crippen molar-refractivity contribution in [3.63, 3.8) is 0 Å². The topological polar surface area (TPSA) is 54.4 Å². The fourth-order valence-corrected chi connectivity index (χ4v) is 1.63. The molecule has 0 fully saturated rings. The Morgan fingerprint density at radius 3 is 1.92 bits per heavy atom. The molecule has 0 aromatic carbocycles. The van der Waals surface area contributed by atoms with Crippen molar-refractivity contribution in [1.29, 1.82) is 0 Å². The molecular formula is C8H19ClO3S. The van der Waals surface area contributed by atoms with Crippen molar-refractivity contribution in [1.82, 2.24) is 0 Å². The number of halogens is 1. The van der Waals surface area contributed by atoms with Crippen molar-refractivity contribution < 1.29 is 13.0 Å². The van der Waals surface area contributed by atoms with Gasteiger partial charge in [-0.05, 0) is 6.42 Å². The number of hydrogen-bond donors (Lipinski definition) is 1. The highest BCUT2D eigenvalue weighted by atomic mass is 35.5. The molecule has 82 valence electrons. The van der Waals surface area contributed by atoms with Gasteiger partial charge >= 0.3 is 0 Å². The van der Waals surface area contributed by atoms with Crippen LogP contribution in [0, 0.1) is 0 Å². The standard InChI is InChI=1S/C8H18O3S.ClH/c1-2-3-4-5-6-7-8-12(9,10)11;/h2-8H2,1H3,(H,9,10,11);1H. The monoisotopic (exact) mass is 230 g/mol. The number of hydrogen-bond acceptors (Lipinski definition) is 2. The molecule has 0 aromatic heterocycles. The molecule has 0 amide bonds. The van der Waals surface area contributed by atoms with Gasteiger partial charge in [-0.3, -0.25) is 4.55 Å². The van der Waals surface area contributed by atoms with Crippen LogP contribution in [-0.2, 0) is 10.1 Å². The van der Waals surface area contributed by atoms with Gasteiger partial charge in [0.15, 0.2) is 0 Å². The summed E-state index contributed by atoms with van der Waals surface area (Å²) in [5.74, 6) is -0.0842. The van der Waals surface area contributed by atoms with Gasteiger partial charge in [0, 0.05) is 0 Å². The van der Waals surface area contributed by atoms with E-state index in [4.69, 9.17) is 4.55 Å². The van der Waals surface area contributed by atoms with Crippen molar-refractivity contribution >= 4 is 22.5 Å². The van der Waals surface area contributed by atoms with E-state index in [0.717, 1.165) is 12.8 Å². The molecule has 0 bridgehead atoms. The molecule has 0 atom stereocenters. The Morgan fingerprint density at radius 1 is 1.00 bits per heavy atom. The molecule has 1 N–H and O–H groups in total. The quantitative estimate of drug-likeness (QED) is 0.541. The molecule has 0 aliphatic heterocycles. The van der Waals surface area contributed by atoms with Crippen molar-refractivity contribution in [2.24, 2.45) is 0 Å². The van der Waals surface area contributed by atoms with E-state index in [1.807, 2.05) is 0 Å². The van der Waals surface area contributed by atoms with Crippen LogP contribution in [0.1, 0.15) is 45.4 Å². The molecule has 0 aliphatic carbocycles. The van der Waals surface area contributed by atoms with E-state index >= 15 is 0 Å². The molecule has 0 spiro atoms. The molecule has 3 nitrogen and oxygen atoms in total. The van der Waals surface area contributed by atoms with Crippen LogP contribution in [0.25, 0.3) is 0 Å². The van der Waals surface area contributed by atoms with Crippen molar-refractivity contribution in [2.75, 3.05) is 5.75 Å². The highest BCUT2D eigenvalue weighted by molar-refractivity contribution is 7.85. The Labute approximate surface area is 87.1 Å². The first-order valence-corrected chi connectivity index (χ1v) is 6.12. The van der Waals surface area contributed by atoms with E-state index in [1.165, 1.54) is 19.3 Å². The summed E-state index contributed by atoms with van der Waals surface area (Å²) in [5.41, 5.74) is 0. The Morgan fingerprint density at radius 2 is 1.46 bits per heavy atom. The van der Waals surface area contributed by atoms with Gasteiger partial charge < -0.3 is 0 Å². The van der Waals surface area contributed by atoms with E-state index < -0.39 is 10.1 Å². The molecule has 0 saturated carbocycles. The molecular weight excluding hydrogens is 212 g/mol. The number of unbranched alkanes of at least 4 members (excludes halogenated alkanes) is 5. The van der Waals surface area contributed by atoms with Gasteiger partial charge in [0.1, 0.15) is 0 Å². The van der Waals surface area contributed by atoms with Crippen LogP contribution < -0.4 is 0 Å². The van der Waals surface area contributed by atoms with Gasteiger partial charge in [0.2, 0.25) is 0 Å². The zero-order valence-corrected chi connectivity index (χ0v) is 9.66. The van der Waals surface area contributed by atoms with Gasteiger partial charge in [-0.15, -0.1) is 12.4 Å². The maximum absolute atomic E-state index is 10.3. The van der Waals surface area contributed by atoms with Crippen molar-refractivity contribution in [2.45, 2.75) is 45.4 Å². The highest BCUT2D eigenvalue weighted by Crippen LogP contribution is 2.05. The second kappa shape index (κ2) is 8.78. The van der Waals surface area contributed by atoms with E-state index in [1.54, 1.807) is 0 Å². The Hall–Kier alpha value is 0.200. The Bertz CT molecular complexity index is 190. The summed E-state index contributed by atoms with van der Waals surface area (Å²) in [6.07, 6.45) is 6.14. The minimum absolute atomic E-state index is 0. The van der Waals surface area contributed by atoms with Crippen LogP contribution in [0.15, 0.2) is 0 Å². The second-order valence-corrected chi connectivity index (χ2v) is 4.63. The smallest absolute Gasteiger partial charge is 0.264 e. The maximum atomic E-state index is 10.3. The third-order valence-corrected chi connectivity index (χ3v) is 2.56. The van der Waals surface area contributed by atoms with Crippen LogP contribution >= 0.6 is 12.4 Å². The molecule has 0 heterocycles. The molecule has 0 saturated heterocycles. The van der Waals surface area contributed by atoms with Gasteiger partial charge in [-0.25, -0.2) is 0 Å². The summed E-state index contributed by atoms with van der Waals surface area (Å²) >= 11 is 0. The fraction of sp³-hybridized carbons (Fsp3) is 1.00. The highest BCUT2D eigenvalue weighted by Gasteiger charge is 2.02. The van der Waals surface area contributed by atoms with Crippen LogP contribution in [0.3, 0.4) is 0 Å². The zero-order chi connectivity index (χ0) is 9.45. The predicted octanol–water partition coefficient (Wildman–Crippen LogP) is 2.66. The lowest BCUT2D eigenvalue weighted by molar-refractivity contribution is 0.478. The van der Waals surface area contributed by atoms with E-state index in [0.29, 0.717) is 6.42 Å².